The molecule has 1 fully saturated rings. The topological polar surface area (TPSA) is 36.7 Å². The average molecular weight is 516 g/mol. The highest BCUT2D eigenvalue weighted by Crippen LogP contribution is 2.35. The molecule has 1 aliphatic rings. The fourth-order valence-electron chi connectivity index (χ4n) is 5.75. The van der Waals surface area contributed by atoms with E-state index in [4.69, 9.17) is 10.1 Å². The van der Waals surface area contributed by atoms with E-state index in [9.17, 15) is 0 Å². The molecule has 0 aliphatic carbocycles. The smallest absolute Gasteiger partial charge is 0.165 e. The molecule has 0 spiro atoms. The molecule has 6 rings (SSSR count). The van der Waals surface area contributed by atoms with E-state index >= 15 is 0 Å². The van der Waals surface area contributed by atoms with E-state index in [1.165, 1.54) is 11.1 Å². The molecule has 0 saturated carbocycles. The Hall–Kier alpha value is -3.96. The highest BCUT2D eigenvalue weighted by atomic mass is 15.4. The number of rotatable bonds is 5. The van der Waals surface area contributed by atoms with Gasteiger partial charge in [-0.05, 0) is 23.6 Å². The first kappa shape index (κ1) is 25.3. The summed E-state index contributed by atoms with van der Waals surface area (Å²) in [5, 5.41) is 5.04. The lowest BCUT2D eigenvalue weighted by molar-refractivity contribution is 0.211. The van der Waals surface area contributed by atoms with Gasteiger partial charge in [0.15, 0.2) is 5.65 Å². The quantitative estimate of drug-likeness (QED) is 0.255. The molecule has 1 aliphatic heterocycles. The van der Waals surface area contributed by atoms with Crippen LogP contribution in [0.3, 0.4) is 0 Å². The van der Waals surface area contributed by atoms with Crippen LogP contribution < -0.4 is 4.90 Å². The SMILES string of the molecule is Cc1nn2c(N3CCN(C(c4ccccc4)c4ccccc4)CC3)cc(C(C)(C)C)nc2c1-c1ccccc1. The van der Waals surface area contributed by atoms with Crippen molar-refractivity contribution in [3.63, 3.8) is 0 Å². The fraction of sp³-hybridized carbons (Fsp3) is 0.294. The molecule has 0 N–H and O–H groups in total. The monoisotopic (exact) mass is 515 g/mol. The van der Waals surface area contributed by atoms with Gasteiger partial charge < -0.3 is 4.90 Å². The second-order valence-electron chi connectivity index (χ2n) is 11.6. The Bertz CT molecular complexity index is 1500. The zero-order chi connectivity index (χ0) is 27.0. The molecule has 5 heteroatoms. The van der Waals surface area contributed by atoms with Gasteiger partial charge in [0, 0.05) is 43.2 Å². The second-order valence-corrected chi connectivity index (χ2v) is 11.6. The van der Waals surface area contributed by atoms with E-state index in [1.54, 1.807) is 0 Å². The summed E-state index contributed by atoms with van der Waals surface area (Å²) in [4.78, 5) is 10.3. The molecule has 3 aromatic carbocycles. The Morgan fingerprint density at radius 1 is 0.718 bits per heavy atom. The normalized spacial score (nSPS) is 14.8. The summed E-state index contributed by atoms with van der Waals surface area (Å²) in [6, 6.07) is 34.8. The van der Waals surface area contributed by atoms with Crippen LogP contribution in [0.25, 0.3) is 16.8 Å². The highest BCUT2D eigenvalue weighted by molar-refractivity contribution is 5.81. The number of anilines is 1. The Labute approximate surface area is 231 Å². The molecule has 0 unspecified atom stereocenters. The predicted octanol–water partition coefficient (Wildman–Crippen LogP) is 6.91. The van der Waals surface area contributed by atoms with Crippen molar-refractivity contribution >= 4 is 11.5 Å². The number of benzene rings is 3. The number of aryl methyl sites for hydroxylation is 1. The molecular formula is C34H37N5. The minimum absolute atomic E-state index is 0.0732. The number of nitrogens with zero attached hydrogens (tertiary/aromatic N) is 5. The van der Waals surface area contributed by atoms with Crippen molar-refractivity contribution < 1.29 is 0 Å². The fourth-order valence-corrected chi connectivity index (χ4v) is 5.75. The lowest BCUT2D eigenvalue weighted by Gasteiger charge is -2.40. The first-order chi connectivity index (χ1) is 18.9. The Morgan fingerprint density at radius 2 is 1.26 bits per heavy atom. The molecule has 5 nitrogen and oxygen atoms in total. The maximum Gasteiger partial charge on any atom is 0.165 e. The van der Waals surface area contributed by atoms with E-state index in [1.807, 2.05) is 0 Å². The van der Waals surface area contributed by atoms with Gasteiger partial charge in [0.1, 0.15) is 5.82 Å². The van der Waals surface area contributed by atoms with E-state index in [0.29, 0.717) is 0 Å². The Kier molecular flexibility index (Phi) is 6.69. The summed E-state index contributed by atoms with van der Waals surface area (Å²) in [6.07, 6.45) is 0. The molecule has 0 atom stereocenters. The summed E-state index contributed by atoms with van der Waals surface area (Å²) in [5.41, 5.74) is 7.93. The molecule has 198 valence electrons. The standard InChI is InChI=1S/C34H37N5/c1-25-31(26-14-8-5-9-15-26)33-35-29(34(2,3)4)24-30(39(33)36-25)37-20-22-38(23-21-37)32(27-16-10-6-11-17-27)28-18-12-7-13-19-28/h5-19,24,32H,20-23H2,1-4H3. The van der Waals surface area contributed by atoms with Gasteiger partial charge in [-0.1, -0.05) is 112 Å². The molecule has 5 aromatic rings. The van der Waals surface area contributed by atoms with Crippen LogP contribution >= 0.6 is 0 Å². The lowest BCUT2D eigenvalue weighted by atomic mass is 9.91. The molecule has 0 radical (unpaired) electrons. The number of aromatic nitrogens is 3. The number of fused-ring (bicyclic) bond motifs is 1. The van der Waals surface area contributed by atoms with Crippen LogP contribution in [0.5, 0.6) is 0 Å². The van der Waals surface area contributed by atoms with Gasteiger partial charge in [-0.15, -0.1) is 0 Å². The van der Waals surface area contributed by atoms with E-state index in [0.717, 1.165) is 60.2 Å². The van der Waals surface area contributed by atoms with Crippen LogP contribution in [0.4, 0.5) is 5.82 Å². The van der Waals surface area contributed by atoms with Gasteiger partial charge >= 0.3 is 0 Å². The van der Waals surface area contributed by atoms with Gasteiger partial charge in [0.05, 0.1) is 17.4 Å². The summed E-state index contributed by atoms with van der Waals surface area (Å²) in [5.74, 6) is 1.13. The molecule has 0 amide bonds. The van der Waals surface area contributed by atoms with E-state index in [2.05, 4.69) is 139 Å². The minimum atomic E-state index is -0.0732. The summed E-state index contributed by atoms with van der Waals surface area (Å²) in [6.45, 7) is 12.6. The van der Waals surface area contributed by atoms with Crippen molar-refractivity contribution in [2.45, 2.75) is 39.2 Å². The highest BCUT2D eigenvalue weighted by Gasteiger charge is 2.29. The second kappa shape index (κ2) is 10.3. The predicted molar refractivity (Wildman–Crippen MR) is 160 cm³/mol. The zero-order valence-electron chi connectivity index (χ0n) is 23.4. The average Bonchev–Trinajstić information content (AvgIpc) is 3.30. The lowest BCUT2D eigenvalue weighted by Crippen LogP contribution is -2.48. The summed E-state index contributed by atoms with van der Waals surface area (Å²) >= 11 is 0. The van der Waals surface area contributed by atoms with Gasteiger partial charge in [0.2, 0.25) is 0 Å². The van der Waals surface area contributed by atoms with Crippen LogP contribution in [-0.4, -0.2) is 45.7 Å². The van der Waals surface area contributed by atoms with Gasteiger partial charge in [-0.2, -0.15) is 9.61 Å². The van der Waals surface area contributed by atoms with E-state index in [-0.39, 0.29) is 11.5 Å². The molecular weight excluding hydrogens is 478 g/mol. The van der Waals surface area contributed by atoms with Crippen LogP contribution in [0.15, 0.2) is 97.1 Å². The van der Waals surface area contributed by atoms with Gasteiger partial charge in [-0.25, -0.2) is 4.98 Å². The summed E-state index contributed by atoms with van der Waals surface area (Å²) < 4.78 is 2.08. The van der Waals surface area contributed by atoms with Crippen LogP contribution in [0.2, 0.25) is 0 Å². The van der Waals surface area contributed by atoms with Crippen LogP contribution in [0, 0.1) is 6.92 Å². The third kappa shape index (κ3) is 4.95. The molecule has 3 heterocycles. The maximum atomic E-state index is 5.19. The first-order valence-electron chi connectivity index (χ1n) is 14.0. The molecule has 0 bridgehead atoms. The van der Waals surface area contributed by atoms with Crippen molar-refractivity contribution in [2.75, 3.05) is 31.1 Å². The maximum absolute atomic E-state index is 5.19. The molecule has 2 aromatic heterocycles. The van der Waals surface area contributed by atoms with Gasteiger partial charge in [-0.3, -0.25) is 4.90 Å². The first-order valence-corrected chi connectivity index (χ1v) is 14.0. The van der Waals surface area contributed by atoms with Crippen molar-refractivity contribution in [3.05, 3.63) is 120 Å². The third-order valence-corrected chi connectivity index (χ3v) is 7.81. The molecule has 39 heavy (non-hydrogen) atoms. The van der Waals surface area contributed by atoms with E-state index < -0.39 is 0 Å². The van der Waals surface area contributed by atoms with Gasteiger partial charge in [0.25, 0.3) is 0 Å². The summed E-state index contributed by atoms with van der Waals surface area (Å²) in [7, 11) is 0. The number of piperazine rings is 1. The largest absolute Gasteiger partial charge is 0.354 e. The Balaban J connectivity index is 1.37. The van der Waals surface area contributed by atoms with Crippen LogP contribution in [0.1, 0.15) is 49.3 Å². The van der Waals surface area contributed by atoms with Crippen LogP contribution in [-0.2, 0) is 5.41 Å². The number of hydrogen-bond donors (Lipinski definition) is 0. The minimum Gasteiger partial charge on any atom is -0.354 e. The number of hydrogen-bond acceptors (Lipinski definition) is 4. The molecule has 1 saturated heterocycles. The Morgan fingerprint density at radius 3 is 1.79 bits per heavy atom. The van der Waals surface area contributed by atoms with Crippen molar-refractivity contribution in [3.8, 4) is 11.1 Å². The van der Waals surface area contributed by atoms with Crippen molar-refractivity contribution in [2.24, 2.45) is 0 Å². The van der Waals surface area contributed by atoms with Crippen molar-refractivity contribution in [1.82, 2.24) is 19.5 Å². The van der Waals surface area contributed by atoms with Crippen molar-refractivity contribution in [1.29, 1.82) is 0 Å². The zero-order valence-corrected chi connectivity index (χ0v) is 23.4. The third-order valence-electron chi connectivity index (χ3n) is 7.81.